The zero-order chi connectivity index (χ0) is 16.7. The first-order valence-corrected chi connectivity index (χ1v) is 8.87. The van der Waals surface area contributed by atoms with Gasteiger partial charge in [0.25, 0.3) is 5.91 Å². The molecule has 0 saturated carbocycles. The van der Waals surface area contributed by atoms with Crippen LogP contribution in [0.5, 0.6) is 0 Å². The molecule has 2 aromatic heterocycles. The highest BCUT2D eigenvalue weighted by atomic mass is 16.4. The van der Waals surface area contributed by atoms with Gasteiger partial charge >= 0.3 is 0 Å². The number of likely N-dealkylation sites (tertiary alicyclic amines) is 1. The maximum Gasteiger partial charge on any atom is 0.274 e. The SMILES string of the molecule is CCc1nnc([C@H]2CCCN(C(=O)c3cc4n(n3)CCC4)[C@H]2C)o1. The van der Waals surface area contributed by atoms with Gasteiger partial charge in [0.1, 0.15) is 0 Å². The molecule has 1 amide bonds. The molecule has 1 fully saturated rings. The van der Waals surface area contributed by atoms with Crippen molar-refractivity contribution in [3.63, 3.8) is 0 Å². The fraction of sp³-hybridized carbons (Fsp3) is 0.647. The Balaban J connectivity index is 1.54. The van der Waals surface area contributed by atoms with Crippen LogP contribution in [0.4, 0.5) is 0 Å². The van der Waals surface area contributed by atoms with E-state index in [0.717, 1.165) is 45.2 Å². The van der Waals surface area contributed by atoms with Gasteiger partial charge in [-0.25, -0.2) is 0 Å². The summed E-state index contributed by atoms with van der Waals surface area (Å²) < 4.78 is 7.71. The molecule has 2 aliphatic rings. The minimum atomic E-state index is 0.0179. The molecule has 0 bridgehead atoms. The molecular weight excluding hydrogens is 306 g/mol. The number of nitrogens with zero attached hydrogens (tertiary/aromatic N) is 5. The Labute approximate surface area is 141 Å². The average molecular weight is 329 g/mol. The van der Waals surface area contributed by atoms with E-state index in [1.165, 1.54) is 5.69 Å². The fourth-order valence-corrected chi connectivity index (χ4v) is 3.83. The maximum atomic E-state index is 12.9. The van der Waals surface area contributed by atoms with Crippen LogP contribution in [-0.4, -0.2) is 43.4 Å². The molecule has 0 aliphatic carbocycles. The van der Waals surface area contributed by atoms with E-state index in [0.29, 0.717) is 17.5 Å². The highest BCUT2D eigenvalue weighted by Crippen LogP contribution is 2.32. The summed E-state index contributed by atoms with van der Waals surface area (Å²) >= 11 is 0. The fourth-order valence-electron chi connectivity index (χ4n) is 3.83. The van der Waals surface area contributed by atoms with Gasteiger partial charge in [-0.2, -0.15) is 5.10 Å². The number of amides is 1. The molecule has 24 heavy (non-hydrogen) atoms. The van der Waals surface area contributed by atoms with E-state index < -0.39 is 0 Å². The predicted octanol–water partition coefficient (Wildman–Crippen LogP) is 2.18. The number of aromatic nitrogens is 4. The van der Waals surface area contributed by atoms with Gasteiger partial charge in [0, 0.05) is 31.2 Å². The van der Waals surface area contributed by atoms with Gasteiger partial charge in [-0.05, 0) is 38.7 Å². The molecule has 0 radical (unpaired) electrons. The molecule has 0 N–H and O–H groups in total. The van der Waals surface area contributed by atoms with Crippen molar-refractivity contribution in [1.29, 1.82) is 0 Å². The molecule has 4 heterocycles. The number of hydrogen-bond donors (Lipinski definition) is 0. The molecule has 0 aromatic carbocycles. The topological polar surface area (TPSA) is 77.1 Å². The molecule has 7 nitrogen and oxygen atoms in total. The average Bonchev–Trinajstić information content (AvgIpc) is 3.29. The van der Waals surface area contributed by atoms with Gasteiger partial charge < -0.3 is 9.32 Å². The number of piperidine rings is 1. The first-order chi connectivity index (χ1) is 11.7. The summed E-state index contributed by atoms with van der Waals surface area (Å²) in [6.45, 7) is 5.74. The van der Waals surface area contributed by atoms with Crippen LogP contribution in [0.3, 0.4) is 0 Å². The monoisotopic (exact) mass is 329 g/mol. The summed E-state index contributed by atoms with van der Waals surface area (Å²) in [7, 11) is 0. The van der Waals surface area contributed by atoms with E-state index in [1.807, 2.05) is 22.6 Å². The van der Waals surface area contributed by atoms with Crippen molar-refractivity contribution in [3.8, 4) is 0 Å². The smallest absolute Gasteiger partial charge is 0.274 e. The summed E-state index contributed by atoms with van der Waals surface area (Å²) in [5.41, 5.74) is 1.74. The van der Waals surface area contributed by atoms with Crippen molar-refractivity contribution in [1.82, 2.24) is 24.9 Å². The third-order valence-electron chi connectivity index (χ3n) is 5.24. The third-order valence-corrected chi connectivity index (χ3v) is 5.24. The largest absolute Gasteiger partial charge is 0.425 e. The molecule has 1 saturated heterocycles. The van der Waals surface area contributed by atoms with Crippen LogP contribution in [0.15, 0.2) is 10.5 Å². The molecule has 2 aromatic rings. The number of rotatable bonds is 3. The van der Waals surface area contributed by atoms with Crippen LogP contribution in [-0.2, 0) is 19.4 Å². The second-order valence-corrected chi connectivity index (χ2v) is 6.72. The first-order valence-electron chi connectivity index (χ1n) is 8.87. The van der Waals surface area contributed by atoms with E-state index in [9.17, 15) is 4.79 Å². The Bertz CT molecular complexity index is 728. The molecule has 0 unspecified atom stereocenters. The Morgan fingerprint density at radius 2 is 2.21 bits per heavy atom. The number of aryl methyl sites for hydroxylation is 3. The van der Waals surface area contributed by atoms with Gasteiger partial charge in [-0.3, -0.25) is 9.48 Å². The van der Waals surface area contributed by atoms with Gasteiger partial charge in [0.15, 0.2) is 5.69 Å². The van der Waals surface area contributed by atoms with Crippen LogP contribution >= 0.6 is 0 Å². The zero-order valence-electron chi connectivity index (χ0n) is 14.2. The Hall–Kier alpha value is -2.18. The number of carbonyl (C=O) groups is 1. The first kappa shape index (κ1) is 15.4. The molecule has 2 atom stereocenters. The summed E-state index contributed by atoms with van der Waals surface area (Å²) in [5, 5.41) is 12.8. The molecule has 128 valence electrons. The lowest BCUT2D eigenvalue weighted by atomic mass is 9.90. The van der Waals surface area contributed by atoms with Crippen LogP contribution in [0.1, 0.15) is 67.0 Å². The summed E-state index contributed by atoms with van der Waals surface area (Å²) in [5.74, 6) is 1.43. The van der Waals surface area contributed by atoms with Gasteiger partial charge in [0.2, 0.25) is 11.8 Å². The molecule has 2 aliphatic heterocycles. The number of hydrogen-bond acceptors (Lipinski definition) is 5. The Morgan fingerprint density at radius 1 is 1.33 bits per heavy atom. The van der Waals surface area contributed by atoms with Crippen molar-refractivity contribution >= 4 is 5.91 Å². The van der Waals surface area contributed by atoms with E-state index >= 15 is 0 Å². The van der Waals surface area contributed by atoms with Gasteiger partial charge in [0.05, 0.1) is 5.92 Å². The van der Waals surface area contributed by atoms with Crippen LogP contribution < -0.4 is 0 Å². The van der Waals surface area contributed by atoms with Crippen LogP contribution in [0.25, 0.3) is 0 Å². The number of fused-ring (bicyclic) bond motifs is 1. The van der Waals surface area contributed by atoms with E-state index in [1.54, 1.807) is 0 Å². The highest BCUT2D eigenvalue weighted by molar-refractivity contribution is 5.92. The van der Waals surface area contributed by atoms with E-state index in [-0.39, 0.29) is 17.9 Å². The van der Waals surface area contributed by atoms with Gasteiger partial charge in [-0.1, -0.05) is 6.92 Å². The Morgan fingerprint density at radius 3 is 2.96 bits per heavy atom. The van der Waals surface area contributed by atoms with E-state index in [2.05, 4.69) is 22.2 Å². The third kappa shape index (κ3) is 2.52. The normalized spacial score (nSPS) is 23.5. The lowest BCUT2D eigenvalue weighted by Crippen LogP contribution is -2.46. The lowest BCUT2D eigenvalue weighted by Gasteiger charge is -2.37. The maximum absolute atomic E-state index is 12.9. The summed E-state index contributed by atoms with van der Waals surface area (Å²) in [6, 6.07) is 1.99. The van der Waals surface area contributed by atoms with Crippen molar-refractivity contribution in [2.24, 2.45) is 0 Å². The van der Waals surface area contributed by atoms with Crippen molar-refractivity contribution < 1.29 is 9.21 Å². The predicted molar refractivity (Wildman–Crippen MR) is 86.7 cm³/mol. The van der Waals surface area contributed by atoms with Gasteiger partial charge in [-0.15, -0.1) is 10.2 Å². The summed E-state index contributed by atoms with van der Waals surface area (Å²) in [6.07, 6.45) is 4.78. The second-order valence-electron chi connectivity index (χ2n) is 6.72. The quantitative estimate of drug-likeness (QED) is 0.862. The molecular formula is C17H23N5O2. The van der Waals surface area contributed by atoms with Crippen LogP contribution in [0, 0.1) is 0 Å². The second kappa shape index (κ2) is 6.03. The minimum absolute atomic E-state index is 0.0179. The van der Waals surface area contributed by atoms with Crippen LogP contribution in [0.2, 0.25) is 0 Å². The summed E-state index contributed by atoms with van der Waals surface area (Å²) in [4.78, 5) is 14.9. The van der Waals surface area contributed by atoms with Crippen molar-refractivity contribution in [3.05, 3.63) is 29.2 Å². The zero-order valence-corrected chi connectivity index (χ0v) is 14.2. The minimum Gasteiger partial charge on any atom is -0.425 e. The molecule has 7 heteroatoms. The standard InChI is InChI=1S/C17H23N5O2/c1-3-15-18-19-16(24-15)13-7-5-8-21(11(13)2)17(23)14-10-12-6-4-9-22(12)20-14/h10-11,13H,3-9H2,1-2H3/t11-,13-/m0/s1. The lowest BCUT2D eigenvalue weighted by molar-refractivity contribution is 0.0575. The van der Waals surface area contributed by atoms with Crippen molar-refractivity contribution in [2.45, 2.75) is 64.5 Å². The van der Waals surface area contributed by atoms with Crippen molar-refractivity contribution in [2.75, 3.05) is 6.54 Å². The molecule has 0 spiro atoms. The number of carbonyl (C=O) groups excluding carboxylic acids is 1. The molecule has 4 rings (SSSR count). The van der Waals surface area contributed by atoms with E-state index in [4.69, 9.17) is 4.42 Å². The highest BCUT2D eigenvalue weighted by Gasteiger charge is 2.36. The Kier molecular flexibility index (Phi) is 3.86.